The Kier molecular flexibility index (Phi) is 8.71. The lowest BCUT2D eigenvalue weighted by atomic mass is 10.1. The summed E-state index contributed by atoms with van der Waals surface area (Å²) in [6.07, 6.45) is 1.23. The third kappa shape index (κ3) is 7.26. The predicted octanol–water partition coefficient (Wildman–Crippen LogP) is 3.75. The van der Waals surface area contributed by atoms with Crippen LogP contribution in [0.15, 0.2) is 54.6 Å². The number of carbonyl (C=O) groups excluding carboxylic acids is 2. The lowest BCUT2D eigenvalue weighted by molar-refractivity contribution is -0.142. The summed E-state index contributed by atoms with van der Waals surface area (Å²) in [5.74, 6) is 0.332. The van der Waals surface area contributed by atoms with Crippen molar-refractivity contribution in [3.63, 3.8) is 0 Å². The highest BCUT2D eigenvalue weighted by Crippen LogP contribution is 2.13. The number of benzene rings is 2. The van der Waals surface area contributed by atoms with Gasteiger partial charge < -0.3 is 15.0 Å². The molecule has 0 saturated heterocycles. The van der Waals surface area contributed by atoms with Crippen LogP contribution < -0.4 is 10.1 Å². The summed E-state index contributed by atoms with van der Waals surface area (Å²) in [6, 6.07) is 17.1. The van der Waals surface area contributed by atoms with E-state index in [4.69, 9.17) is 4.74 Å². The molecule has 0 heterocycles. The van der Waals surface area contributed by atoms with Gasteiger partial charge in [0.1, 0.15) is 11.8 Å². The second kappa shape index (κ2) is 11.2. The topological polar surface area (TPSA) is 58.6 Å². The normalized spacial score (nSPS) is 11.8. The predicted molar refractivity (Wildman–Crippen MR) is 116 cm³/mol. The summed E-state index contributed by atoms with van der Waals surface area (Å²) in [4.78, 5) is 27.4. The fraction of sp³-hybridized carbons (Fsp3) is 0.417. The molecule has 1 atom stereocenters. The van der Waals surface area contributed by atoms with Crippen LogP contribution in [0, 0.1) is 6.92 Å². The zero-order chi connectivity index (χ0) is 21.2. The first-order valence-corrected chi connectivity index (χ1v) is 10.2. The summed E-state index contributed by atoms with van der Waals surface area (Å²) in [6.45, 7) is 8.13. The first-order chi connectivity index (χ1) is 13.9. The molecule has 0 aliphatic heterocycles. The number of hydrogen-bond donors (Lipinski definition) is 1. The second-order valence-corrected chi connectivity index (χ2v) is 7.51. The van der Waals surface area contributed by atoms with Crippen LogP contribution in [-0.2, 0) is 16.0 Å². The standard InChI is InChI=1S/C24H32N2O3/c1-5-22(24(28)25-18(2)3)26(16-15-20-9-7-6-8-10-20)23(27)17-29-21-13-11-19(4)12-14-21/h6-14,18,22H,5,15-17H2,1-4H3,(H,25,28)/t22-/m1/s1. The number of amides is 2. The van der Waals surface area contributed by atoms with Crippen molar-refractivity contribution >= 4 is 11.8 Å². The van der Waals surface area contributed by atoms with Crippen LogP contribution in [-0.4, -0.2) is 41.9 Å². The van der Waals surface area contributed by atoms with E-state index in [0.717, 1.165) is 11.1 Å². The molecule has 5 nitrogen and oxygen atoms in total. The van der Waals surface area contributed by atoms with Crippen LogP contribution in [0.5, 0.6) is 5.75 Å². The van der Waals surface area contributed by atoms with Crippen molar-refractivity contribution in [2.24, 2.45) is 0 Å². The average Bonchev–Trinajstić information content (AvgIpc) is 2.70. The van der Waals surface area contributed by atoms with Gasteiger partial charge in [-0.05, 0) is 51.3 Å². The van der Waals surface area contributed by atoms with Gasteiger partial charge in [0.2, 0.25) is 5.91 Å². The molecule has 2 aromatic rings. The van der Waals surface area contributed by atoms with Gasteiger partial charge in [0.25, 0.3) is 5.91 Å². The van der Waals surface area contributed by atoms with Gasteiger partial charge in [0, 0.05) is 12.6 Å². The third-order valence-electron chi connectivity index (χ3n) is 4.68. The molecule has 0 saturated carbocycles. The van der Waals surface area contributed by atoms with Crippen LogP contribution in [0.4, 0.5) is 0 Å². The van der Waals surface area contributed by atoms with Gasteiger partial charge in [-0.15, -0.1) is 0 Å². The molecule has 2 aromatic carbocycles. The Morgan fingerprint density at radius 2 is 1.69 bits per heavy atom. The van der Waals surface area contributed by atoms with Crippen molar-refractivity contribution in [3.05, 3.63) is 65.7 Å². The van der Waals surface area contributed by atoms with Gasteiger partial charge in [0.05, 0.1) is 0 Å². The highest BCUT2D eigenvalue weighted by atomic mass is 16.5. The quantitative estimate of drug-likeness (QED) is 0.665. The summed E-state index contributed by atoms with van der Waals surface area (Å²) in [7, 11) is 0. The van der Waals surface area contributed by atoms with Crippen LogP contribution in [0.1, 0.15) is 38.3 Å². The van der Waals surface area contributed by atoms with Crippen molar-refractivity contribution in [2.75, 3.05) is 13.2 Å². The molecular formula is C24H32N2O3. The number of hydrogen-bond acceptors (Lipinski definition) is 3. The summed E-state index contributed by atoms with van der Waals surface area (Å²) < 4.78 is 5.69. The molecule has 0 bridgehead atoms. The number of carbonyl (C=O) groups is 2. The Morgan fingerprint density at radius 1 is 1.03 bits per heavy atom. The number of aryl methyl sites for hydroxylation is 1. The molecule has 2 amide bonds. The zero-order valence-electron chi connectivity index (χ0n) is 17.9. The largest absolute Gasteiger partial charge is 0.484 e. The SMILES string of the molecule is CC[C@H](C(=O)NC(C)C)N(CCc1ccccc1)C(=O)COc1ccc(C)cc1. The van der Waals surface area contributed by atoms with Crippen molar-refractivity contribution in [2.45, 2.75) is 52.6 Å². The summed E-state index contributed by atoms with van der Waals surface area (Å²) in [5.41, 5.74) is 2.26. The Morgan fingerprint density at radius 3 is 2.28 bits per heavy atom. The van der Waals surface area contributed by atoms with Crippen LogP contribution >= 0.6 is 0 Å². The lowest BCUT2D eigenvalue weighted by Gasteiger charge is -2.31. The van der Waals surface area contributed by atoms with Crippen molar-refractivity contribution in [1.82, 2.24) is 10.2 Å². The maximum absolute atomic E-state index is 13.0. The molecule has 0 aliphatic carbocycles. The molecular weight excluding hydrogens is 364 g/mol. The number of nitrogens with one attached hydrogen (secondary N) is 1. The fourth-order valence-corrected chi connectivity index (χ4v) is 3.14. The maximum atomic E-state index is 13.0. The monoisotopic (exact) mass is 396 g/mol. The van der Waals surface area contributed by atoms with Gasteiger partial charge in [-0.3, -0.25) is 9.59 Å². The molecule has 5 heteroatoms. The van der Waals surface area contributed by atoms with Gasteiger partial charge >= 0.3 is 0 Å². The molecule has 29 heavy (non-hydrogen) atoms. The van der Waals surface area contributed by atoms with E-state index in [1.807, 2.05) is 82.3 Å². The smallest absolute Gasteiger partial charge is 0.261 e. The van der Waals surface area contributed by atoms with Crippen LogP contribution in [0.3, 0.4) is 0 Å². The van der Waals surface area contributed by atoms with E-state index >= 15 is 0 Å². The number of ether oxygens (including phenoxy) is 1. The minimum Gasteiger partial charge on any atom is -0.484 e. The van der Waals surface area contributed by atoms with Crippen LogP contribution in [0.25, 0.3) is 0 Å². The molecule has 0 aliphatic rings. The van der Waals surface area contributed by atoms with Gasteiger partial charge in [-0.1, -0.05) is 55.0 Å². The second-order valence-electron chi connectivity index (χ2n) is 7.51. The Labute approximate surface area is 174 Å². The Hall–Kier alpha value is -2.82. The first kappa shape index (κ1) is 22.5. The molecule has 0 radical (unpaired) electrons. The number of nitrogens with zero attached hydrogens (tertiary/aromatic N) is 1. The van der Waals surface area contributed by atoms with E-state index in [-0.39, 0.29) is 24.5 Å². The van der Waals surface area contributed by atoms with Gasteiger partial charge in [-0.2, -0.15) is 0 Å². The van der Waals surface area contributed by atoms with Gasteiger partial charge in [0.15, 0.2) is 6.61 Å². The molecule has 0 fully saturated rings. The van der Waals surface area contributed by atoms with Gasteiger partial charge in [-0.25, -0.2) is 0 Å². The van der Waals surface area contributed by atoms with Crippen molar-refractivity contribution < 1.29 is 14.3 Å². The fourth-order valence-electron chi connectivity index (χ4n) is 3.14. The van der Waals surface area contributed by atoms with Crippen molar-refractivity contribution in [1.29, 1.82) is 0 Å². The average molecular weight is 397 g/mol. The molecule has 1 N–H and O–H groups in total. The zero-order valence-corrected chi connectivity index (χ0v) is 17.9. The third-order valence-corrected chi connectivity index (χ3v) is 4.68. The molecule has 2 rings (SSSR count). The van der Waals surface area contributed by atoms with Crippen molar-refractivity contribution in [3.8, 4) is 5.75 Å². The highest BCUT2D eigenvalue weighted by molar-refractivity contribution is 5.88. The minimum absolute atomic E-state index is 0.0198. The van der Waals surface area contributed by atoms with E-state index in [9.17, 15) is 9.59 Å². The number of rotatable bonds is 10. The molecule has 0 spiro atoms. The van der Waals surface area contributed by atoms with E-state index in [2.05, 4.69) is 5.32 Å². The lowest BCUT2D eigenvalue weighted by Crippen LogP contribution is -2.52. The van der Waals surface area contributed by atoms with E-state index < -0.39 is 6.04 Å². The molecule has 0 unspecified atom stereocenters. The molecule has 0 aromatic heterocycles. The first-order valence-electron chi connectivity index (χ1n) is 10.2. The van der Waals surface area contributed by atoms with Crippen LogP contribution in [0.2, 0.25) is 0 Å². The Balaban J connectivity index is 2.11. The maximum Gasteiger partial charge on any atom is 0.261 e. The molecule has 156 valence electrons. The van der Waals surface area contributed by atoms with E-state index in [0.29, 0.717) is 25.1 Å². The summed E-state index contributed by atoms with van der Waals surface area (Å²) >= 11 is 0. The Bertz CT molecular complexity index is 772. The minimum atomic E-state index is -0.518. The van der Waals surface area contributed by atoms with E-state index in [1.165, 1.54) is 0 Å². The van der Waals surface area contributed by atoms with E-state index in [1.54, 1.807) is 4.90 Å². The highest BCUT2D eigenvalue weighted by Gasteiger charge is 2.28. The summed E-state index contributed by atoms with van der Waals surface area (Å²) in [5, 5.41) is 2.93.